The minimum Gasteiger partial charge on any atom is -0.392 e. The van der Waals surface area contributed by atoms with Crippen molar-refractivity contribution in [1.29, 1.82) is 0 Å². The van der Waals surface area contributed by atoms with Crippen molar-refractivity contribution in [2.24, 2.45) is 17.3 Å². The zero-order chi connectivity index (χ0) is 12.2. The molecule has 0 spiro atoms. The smallest absolute Gasteiger partial charge is 0.0675 e. The maximum Gasteiger partial charge on any atom is 0.0675 e. The third-order valence-corrected chi connectivity index (χ3v) is 4.09. The molecule has 3 heteroatoms. The van der Waals surface area contributed by atoms with Gasteiger partial charge in [0.1, 0.15) is 0 Å². The molecule has 0 saturated carbocycles. The molecule has 1 N–H and O–H groups in total. The number of allylic oxidation sites excluding steroid dienone is 1. The highest BCUT2D eigenvalue weighted by molar-refractivity contribution is 8.22. The van der Waals surface area contributed by atoms with Crippen molar-refractivity contribution in [2.45, 2.75) is 33.8 Å². The average Bonchev–Trinajstić information content (AvgIpc) is 2.15. The van der Waals surface area contributed by atoms with Crippen molar-refractivity contribution in [3.8, 4) is 0 Å². The molecule has 0 heterocycles. The molecule has 0 aromatic carbocycles. The van der Waals surface area contributed by atoms with Crippen LogP contribution in [0.4, 0.5) is 0 Å². The summed E-state index contributed by atoms with van der Waals surface area (Å²) in [6, 6.07) is 0. The lowest BCUT2D eigenvalue weighted by molar-refractivity contribution is 0.0256. The molecule has 0 saturated heterocycles. The molecular formula is C12H22OS2. The van der Waals surface area contributed by atoms with Gasteiger partial charge in [0.2, 0.25) is 0 Å². The third kappa shape index (κ3) is 4.25. The summed E-state index contributed by atoms with van der Waals surface area (Å²) in [6.45, 7) is 11.9. The van der Waals surface area contributed by atoms with Gasteiger partial charge in [-0.3, -0.25) is 0 Å². The van der Waals surface area contributed by atoms with Gasteiger partial charge in [-0.25, -0.2) is 0 Å². The second-order valence-electron chi connectivity index (χ2n) is 4.95. The molecule has 0 amide bonds. The van der Waals surface area contributed by atoms with Gasteiger partial charge in [-0.1, -0.05) is 46.0 Å². The van der Waals surface area contributed by atoms with E-state index in [9.17, 15) is 5.11 Å². The highest BCUT2D eigenvalue weighted by atomic mass is 32.2. The highest BCUT2D eigenvalue weighted by Crippen LogP contribution is 2.33. The van der Waals surface area contributed by atoms with Crippen LogP contribution >= 0.6 is 24.0 Å². The highest BCUT2D eigenvalue weighted by Gasteiger charge is 2.35. The molecule has 0 bridgehead atoms. The topological polar surface area (TPSA) is 20.2 Å². The molecule has 0 aromatic rings. The summed E-state index contributed by atoms with van der Waals surface area (Å²) in [5.41, 5.74) is -0.151. The van der Waals surface area contributed by atoms with E-state index in [0.717, 1.165) is 4.20 Å². The molecule has 0 fully saturated rings. The van der Waals surface area contributed by atoms with Crippen molar-refractivity contribution < 1.29 is 5.11 Å². The minimum absolute atomic E-state index is 0.00694. The Balaban J connectivity index is 4.94. The summed E-state index contributed by atoms with van der Waals surface area (Å²) in [5.74, 6) is 0.215. The van der Waals surface area contributed by atoms with Crippen LogP contribution in [-0.4, -0.2) is 21.7 Å². The lowest BCUT2D eigenvalue weighted by Crippen LogP contribution is -2.39. The first-order valence-electron chi connectivity index (χ1n) is 5.14. The molecule has 0 rings (SSSR count). The van der Waals surface area contributed by atoms with Crippen LogP contribution in [0.3, 0.4) is 0 Å². The number of hydrogen-bond acceptors (Lipinski definition) is 3. The summed E-state index contributed by atoms with van der Waals surface area (Å²) >= 11 is 6.86. The van der Waals surface area contributed by atoms with Crippen molar-refractivity contribution >= 4 is 28.2 Å². The number of thioether (sulfide) groups is 1. The molecule has 3 atom stereocenters. The lowest BCUT2D eigenvalue weighted by Gasteiger charge is -2.35. The Bertz CT molecular complexity index is 230. The third-order valence-electron chi connectivity index (χ3n) is 2.64. The van der Waals surface area contributed by atoms with Gasteiger partial charge < -0.3 is 5.11 Å². The number of aliphatic hydroxyl groups excluding tert-OH is 1. The number of rotatable bonds is 4. The second kappa shape index (κ2) is 6.02. The Morgan fingerprint density at radius 2 is 1.93 bits per heavy atom. The average molecular weight is 246 g/mol. The van der Waals surface area contributed by atoms with E-state index < -0.39 is 6.10 Å². The van der Waals surface area contributed by atoms with E-state index in [-0.39, 0.29) is 17.3 Å². The Labute approximate surface area is 103 Å². The Morgan fingerprint density at radius 1 is 1.47 bits per heavy atom. The van der Waals surface area contributed by atoms with Crippen LogP contribution in [0.15, 0.2) is 12.7 Å². The van der Waals surface area contributed by atoms with Gasteiger partial charge in [-0.15, -0.1) is 18.3 Å². The van der Waals surface area contributed by atoms with Crippen LogP contribution in [-0.2, 0) is 0 Å². The SMILES string of the molecule is C=C[C@@H](C)[C@H](C(=S)SC)[C@H](O)C(C)(C)C. The zero-order valence-electron chi connectivity index (χ0n) is 10.3. The lowest BCUT2D eigenvalue weighted by atomic mass is 9.77. The van der Waals surface area contributed by atoms with Gasteiger partial charge >= 0.3 is 0 Å². The first-order valence-corrected chi connectivity index (χ1v) is 6.77. The van der Waals surface area contributed by atoms with Crippen LogP contribution in [0.5, 0.6) is 0 Å². The zero-order valence-corrected chi connectivity index (χ0v) is 11.9. The summed E-state index contributed by atoms with van der Waals surface area (Å²) in [4.78, 5) is 0. The largest absolute Gasteiger partial charge is 0.392 e. The van der Waals surface area contributed by atoms with E-state index >= 15 is 0 Å². The molecule has 1 nitrogen and oxygen atoms in total. The second-order valence-corrected chi connectivity index (χ2v) is 6.50. The molecule has 0 aromatic heterocycles. The molecular weight excluding hydrogens is 224 g/mol. The van der Waals surface area contributed by atoms with Crippen molar-refractivity contribution in [2.75, 3.05) is 6.26 Å². The van der Waals surface area contributed by atoms with Crippen LogP contribution in [0.25, 0.3) is 0 Å². The van der Waals surface area contributed by atoms with Crippen molar-refractivity contribution in [3.63, 3.8) is 0 Å². The summed E-state index contributed by atoms with van der Waals surface area (Å²) in [5, 5.41) is 10.3. The number of hydrogen-bond donors (Lipinski definition) is 1. The number of aliphatic hydroxyl groups is 1. The van der Waals surface area contributed by atoms with Gasteiger partial charge in [-0.05, 0) is 17.6 Å². The van der Waals surface area contributed by atoms with Crippen molar-refractivity contribution in [3.05, 3.63) is 12.7 Å². The molecule has 0 radical (unpaired) electrons. The predicted molar refractivity (Wildman–Crippen MR) is 74.4 cm³/mol. The minimum atomic E-state index is -0.426. The Morgan fingerprint density at radius 3 is 2.20 bits per heavy atom. The van der Waals surface area contributed by atoms with E-state index in [1.54, 1.807) is 11.8 Å². The maximum atomic E-state index is 10.3. The quantitative estimate of drug-likeness (QED) is 0.605. The Hall–Kier alpha value is 0.140. The molecule has 15 heavy (non-hydrogen) atoms. The standard InChI is InChI=1S/C12H22OS2/c1-7-8(2)9(11(14)15-6)10(13)12(3,4)5/h7-10,13H,1H2,2-6H3/t8-,9+,10+/m1/s1. The fourth-order valence-corrected chi connectivity index (χ4v) is 2.41. The molecule has 0 unspecified atom stereocenters. The summed E-state index contributed by atoms with van der Waals surface area (Å²) in [6.07, 6.45) is 3.40. The number of thiocarbonyl (C=S) groups is 1. The Kier molecular flexibility index (Phi) is 6.08. The fourth-order valence-electron chi connectivity index (χ4n) is 1.45. The van der Waals surface area contributed by atoms with Crippen molar-refractivity contribution in [1.82, 2.24) is 0 Å². The van der Waals surface area contributed by atoms with Crippen LogP contribution in [0.1, 0.15) is 27.7 Å². The van der Waals surface area contributed by atoms with Crippen LogP contribution in [0, 0.1) is 17.3 Å². The monoisotopic (exact) mass is 246 g/mol. The van der Waals surface area contributed by atoms with E-state index in [1.807, 2.05) is 33.1 Å². The molecule has 0 aliphatic carbocycles. The van der Waals surface area contributed by atoms with E-state index in [2.05, 4.69) is 13.5 Å². The van der Waals surface area contributed by atoms with E-state index in [0.29, 0.717) is 0 Å². The van der Waals surface area contributed by atoms with Gasteiger partial charge in [0, 0.05) is 5.92 Å². The molecule has 88 valence electrons. The first kappa shape index (κ1) is 15.1. The molecule has 0 aliphatic heterocycles. The normalized spacial score (nSPS) is 18.0. The van der Waals surface area contributed by atoms with Gasteiger partial charge in [0.25, 0.3) is 0 Å². The van der Waals surface area contributed by atoms with Gasteiger partial charge in [0.15, 0.2) is 0 Å². The summed E-state index contributed by atoms with van der Waals surface area (Å²) < 4.78 is 0.866. The van der Waals surface area contributed by atoms with Gasteiger partial charge in [0.05, 0.1) is 10.3 Å². The van der Waals surface area contributed by atoms with Crippen LogP contribution in [0.2, 0.25) is 0 Å². The first-order chi connectivity index (χ1) is 6.75. The fraction of sp³-hybridized carbons (Fsp3) is 0.750. The maximum absolute atomic E-state index is 10.3. The van der Waals surface area contributed by atoms with Gasteiger partial charge in [-0.2, -0.15) is 0 Å². The van der Waals surface area contributed by atoms with Crippen LogP contribution < -0.4 is 0 Å². The van der Waals surface area contributed by atoms with E-state index in [1.165, 1.54) is 0 Å². The molecule has 0 aliphatic rings. The predicted octanol–water partition coefficient (Wildman–Crippen LogP) is 3.52. The summed E-state index contributed by atoms with van der Waals surface area (Å²) in [7, 11) is 0. The van der Waals surface area contributed by atoms with E-state index in [4.69, 9.17) is 12.2 Å².